The number of nitrogens with zero attached hydrogens (tertiary/aromatic N) is 1. The van der Waals surface area contributed by atoms with E-state index in [1.54, 1.807) is 20.2 Å². The molecule has 2 aromatic rings. The van der Waals surface area contributed by atoms with Crippen molar-refractivity contribution in [2.75, 3.05) is 7.11 Å². The van der Waals surface area contributed by atoms with Crippen LogP contribution in [0.1, 0.15) is 5.69 Å². The number of nitrogens with one attached hydrogen (secondary N) is 1. The van der Waals surface area contributed by atoms with E-state index in [1.165, 1.54) is 0 Å². The molecule has 4 heteroatoms. The summed E-state index contributed by atoms with van der Waals surface area (Å²) in [7, 11) is 1.61. The minimum atomic E-state index is -0.168. The standard InChI is InChI=1S/C12H12N2O2/c1-8-12(15)13-7-10(14-8)9-5-3-4-6-11(9)16-2/h3-7H,1-2H3,(H,13,15). The first-order chi connectivity index (χ1) is 7.72. The Bertz CT molecular complexity index is 561. The van der Waals surface area contributed by atoms with E-state index < -0.39 is 0 Å². The van der Waals surface area contributed by atoms with E-state index in [4.69, 9.17) is 4.74 Å². The Morgan fingerprint density at radius 1 is 1.31 bits per heavy atom. The molecule has 0 aliphatic carbocycles. The highest BCUT2D eigenvalue weighted by Gasteiger charge is 2.07. The van der Waals surface area contributed by atoms with Crippen molar-refractivity contribution in [3.05, 3.63) is 46.5 Å². The molecule has 0 aliphatic rings. The Morgan fingerprint density at radius 3 is 2.75 bits per heavy atom. The number of hydrogen-bond acceptors (Lipinski definition) is 3. The largest absolute Gasteiger partial charge is 0.496 e. The Labute approximate surface area is 92.9 Å². The van der Waals surface area contributed by atoms with E-state index >= 15 is 0 Å². The number of rotatable bonds is 2. The van der Waals surface area contributed by atoms with Crippen molar-refractivity contribution in [2.24, 2.45) is 0 Å². The number of ether oxygens (including phenoxy) is 1. The van der Waals surface area contributed by atoms with Gasteiger partial charge in [-0.2, -0.15) is 0 Å². The van der Waals surface area contributed by atoms with Gasteiger partial charge in [0.2, 0.25) is 0 Å². The Balaban J connectivity index is 2.58. The molecule has 0 aliphatic heterocycles. The topological polar surface area (TPSA) is 55.0 Å². The molecular weight excluding hydrogens is 204 g/mol. The van der Waals surface area contributed by atoms with Crippen molar-refractivity contribution >= 4 is 0 Å². The molecule has 0 amide bonds. The molecule has 2 rings (SSSR count). The zero-order valence-corrected chi connectivity index (χ0v) is 9.15. The summed E-state index contributed by atoms with van der Waals surface area (Å²) in [6, 6.07) is 7.55. The van der Waals surface area contributed by atoms with Crippen molar-refractivity contribution in [3.63, 3.8) is 0 Å². The third-order valence-electron chi connectivity index (χ3n) is 2.34. The zero-order chi connectivity index (χ0) is 11.5. The Hall–Kier alpha value is -2.10. The van der Waals surface area contributed by atoms with E-state index in [0.29, 0.717) is 11.4 Å². The summed E-state index contributed by atoms with van der Waals surface area (Å²) < 4.78 is 5.24. The van der Waals surface area contributed by atoms with Gasteiger partial charge in [-0.1, -0.05) is 12.1 Å². The van der Waals surface area contributed by atoms with Crippen LogP contribution in [0, 0.1) is 6.92 Å². The van der Waals surface area contributed by atoms with E-state index in [9.17, 15) is 4.79 Å². The van der Waals surface area contributed by atoms with Gasteiger partial charge in [0.25, 0.3) is 5.56 Å². The molecule has 0 radical (unpaired) electrons. The highest BCUT2D eigenvalue weighted by Crippen LogP contribution is 2.26. The summed E-state index contributed by atoms with van der Waals surface area (Å²) in [4.78, 5) is 18.1. The second kappa shape index (κ2) is 4.18. The number of aromatic amines is 1. The molecule has 0 saturated carbocycles. The van der Waals surface area contributed by atoms with E-state index in [1.807, 2.05) is 24.3 Å². The van der Waals surface area contributed by atoms with E-state index in [0.717, 1.165) is 11.3 Å². The molecular formula is C12H12N2O2. The first-order valence-corrected chi connectivity index (χ1v) is 4.92. The van der Waals surface area contributed by atoms with E-state index in [-0.39, 0.29) is 5.56 Å². The average molecular weight is 216 g/mol. The van der Waals surface area contributed by atoms with Gasteiger partial charge in [-0.05, 0) is 19.1 Å². The maximum atomic E-state index is 11.2. The number of benzene rings is 1. The predicted octanol–water partition coefficient (Wildman–Crippen LogP) is 1.75. The zero-order valence-electron chi connectivity index (χ0n) is 9.15. The number of para-hydroxylation sites is 1. The first-order valence-electron chi connectivity index (χ1n) is 4.92. The lowest BCUT2D eigenvalue weighted by molar-refractivity contribution is 0.416. The highest BCUT2D eigenvalue weighted by atomic mass is 16.5. The van der Waals surface area contributed by atoms with Crippen molar-refractivity contribution in [2.45, 2.75) is 6.92 Å². The molecule has 1 aromatic heterocycles. The van der Waals surface area contributed by atoms with Gasteiger partial charge in [0, 0.05) is 11.8 Å². The van der Waals surface area contributed by atoms with Crippen LogP contribution in [0.4, 0.5) is 0 Å². The van der Waals surface area contributed by atoms with Crippen LogP contribution in [0.3, 0.4) is 0 Å². The van der Waals surface area contributed by atoms with Crippen LogP contribution in [0.2, 0.25) is 0 Å². The monoisotopic (exact) mass is 216 g/mol. The number of H-pyrrole nitrogens is 1. The smallest absolute Gasteiger partial charge is 0.269 e. The third-order valence-corrected chi connectivity index (χ3v) is 2.34. The number of methoxy groups -OCH3 is 1. The number of aryl methyl sites for hydroxylation is 1. The lowest BCUT2D eigenvalue weighted by atomic mass is 10.1. The van der Waals surface area contributed by atoms with Crippen LogP contribution < -0.4 is 10.3 Å². The summed E-state index contributed by atoms with van der Waals surface area (Å²) in [5.74, 6) is 0.737. The molecule has 0 fully saturated rings. The summed E-state index contributed by atoms with van der Waals surface area (Å²) in [5.41, 5.74) is 1.85. The van der Waals surface area contributed by atoms with Crippen LogP contribution in [-0.2, 0) is 0 Å². The number of hydrogen-bond donors (Lipinski definition) is 1. The van der Waals surface area contributed by atoms with Gasteiger partial charge in [-0.25, -0.2) is 4.98 Å². The van der Waals surface area contributed by atoms with Gasteiger partial charge >= 0.3 is 0 Å². The first kappa shape index (κ1) is 10.4. The fourth-order valence-electron chi connectivity index (χ4n) is 1.50. The van der Waals surface area contributed by atoms with Crippen molar-refractivity contribution in [1.29, 1.82) is 0 Å². The number of aromatic nitrogens is 2. The lowest BCUT2D eigenvalue weighted by Gasteiger charge is -2.07. The molecule has 0 bridgehead atoms. The minimum Gasteiger partial charge on any atom is -0.496 e. The van der Waals surface area contributed by atoms with Crippen molar-refractivity contribution in [1.82, 2.24) is 9.97 Å². The second-order valence-electron chi connectivity index (χ2n) is 3.40. The fraction of sp³-hybridized carbons (Fsp3) is 0.167. The van der Waals surface area contributed by atoms with Gasteiger partial charge in [-0.15, -0.1) is 0 Å². The summed E-state index contributed by atoms with van der Waals surface area (Å²) in [6.45, 7) is 1.68. The quantitative estimate of drug-likeness (QED) is 0.832. The molecule has 16 heavy (non-hydrogen) atoms. The van der Waals surface area contributed by atoms with Crippen LogP contribution in [0.25, 0.3) is 11.3 Å². The predicted molar refractivity (Wildman–Crippen MR) is 61.6 cm³/mol. The van der Waals surface area contributed by atoms with Crippen LogP contribution in [0.5, 0.6) is 5.75 Å². The van der Waals surface area contributed by atoms with Crippen LogP contribution >= 0.6 is 0 Å². The van der Waals surface area contributed by atoms with Gasteiger partial charge in [-0.3, -0.25) is 4.79 Å². The lowest BCUT2D eigenvalue weighted by Crippen LogP contribution is -2.11. The molecule has 0 atom stereocenters. The fourth-order valence-corrected chi connectivity index (χ4v) is 1.50. The Morgan fingerprint density at radius 2 is 2.06 bits per heavy atom. The summed E-state index contributed by atoms with van der Waals surface area (Å²) in [6.07, 6.45) is 1.59. The highest BCUT2D eigenvalue weighted by molar-refractivity contribution is 5.66. The average Bonchev–Trinajstić information content (AvgIpc) is 2.32. The molecule has 1 aromatic carbocycles. The van der Waals surface area contributed by atoms with Crippen LogP contribution in [0.15, 0.2) is 35.3 Å². The van der Waals surface area contributed by atoms with Crippen molar-refractivity contribution < 1.29 is 4.74 Å². The normalized spacial score (nSPS) is 10.1. The maximum Gasteiger partial charge on any atom is 0.269 e. The van der Waals surface area contributed by atoms with Gasteiger partial charge in [0.15, 0.2) is 0 Å². The summed E-state index contributed by atoms with van der Waals surface area (Å²) in [5, 5.41) is 0. The second-order valence-corrected chi connectivity index (χ2v) is 3.40. The SMILES string of the molecule is COc1ccccc1-c1c[nH]c(=O)c(C)n1. The third kappa shape index (κ3) is 1.82. The summed E-state index contributed by atoms with van der Waals surface area (Å²) >= 11 is 0. The molecule has 0 spiro atoms. The molecule has 82 valence electrons. The van der Waals surface area contributed by atoms with Crippen LogP contribution in [-0.4, -0.2) is 17.1 Å². The molecule has 0 unspecified atom stereocenters. The molecule has 1 heterocycles. The molecule has 0 saturated heterocycles. The van der Waals surface area contributed by atoms with Gasteiger partial charge in [0.1, 0.15) is 11.4 Å². The van der Waals surface area contributed by atoms with Gasteiger partial charge < -0.3 is 9.72 Å². The molecule has 1 N–H and O–H groups in total. The maximum absolute atomic E-state index is 11.2. The van der Waals surface area contributed by atoms with E-state index in [2.05, 4.69) is 9.97 Å². The molecule has 4 nitrogen and oxygen atoms in total. The Kier molecular flexibility index (Phi) is 2.72. The van der Waals surface area contributed by atoms with Crippen molar-refractivity contribution in [3.8, 4) is 17.0 Å². The van der Waals surface area contributed by atoms with Gasteiger partial charge in [0.05, 0.1) is 12.8 Å². The minimum absolute atomic E-state index is 0.168.